The van der Waals surface area contributed by atoms with E-state index in [-0.39, 0.29) is 0 Å². The van der Waals surface area contributed by atoms with Gasteiger partial charge in [0.15, 0.2) is 0 Å². The molecule has 2 aliphatic rings. The first-order chi connectivity index (χ1) is 7.33. The smallest absolute Gasteiger partial charge is 0.0506 e. The lowest BCUT2D eigenvalue weighted by Gasteiger charge is -2.37. The van der Waals surface area contributed by atoms with Gasteiger partial charge in [-0.1, -0.05) is 22.6 Å². The van der Waals surface area contributed by atoms with Gasteiger partial charge in [-0.25, -0.2) is 0 Å². The molecule has 0 bridgehead atoms. The summed E-state index contributed by atoms with van der Waals surface area (Å²) in [5.41, 5.74) is 0. The van der Waals surface area contributed by atoms with E-state index in [4.69, 9.17) is 0 Å². The molecule has 15 heavy (non-hydrogen) atoms. The summed E-state index contributed by atoms with van der Waals surface area (Å²) < 4.78 is 1.19. The van der Waals surface area contributed by atoms with E-state index in [2.05, 4.69) is 44.8 Å². The van der Waals surface area contributed by atoms with Crippen LogP contribution >= 0.6 is 22.6 Å². The first kappa shape index (κ1) is 12.1. The van der Waals surface area contributed by atoms with Gasteiger partial charge in [0.05, 0.1) is 4.55 Å². The number of halogens is 1. The normalized spacial score (nSPS) is 34.8. The minimum atomic E-state index is 0.776. The Labute approximate surface area is 107 Å². The van der Waals surface area contributed by atoms with Crippen molar-refractivity contribution in [2.75, 3.05) is 37.8 Å². The third kappa shape index (κ3) is 3.05. The molecule has 0 spiro atoms. The van der Waals surface area contributed by atoms with E-state index >= 15 is 0 Å². The topological polar surface area (TPSA) is 18.5 Å². The molecular formula is C11H22IN3. The molecule has 1 saturated carbocycles. The summed E-state index contributed by atoms with van der Waals surface area (Å²) in [6.45, 7) is 5.10. The predicted octanol–water partition coefficient (Wildman–Crippen LogP) is 1.14. The standard InChI is InChI=1S/C11H22IN3/c1-13-10-2-3-11(8-10)15-6-4-14(9-12)5-7-15/h10-11,13H,2-9H2,1H3/t10-,11-/m1/s1. The van der Waals surface area contributed by atoms with Gasteiger partial charge in [0.25, 0.3) is 0 Å². The second-order valence-corrected chi connectivity index (χ2v) is 5.41. The molecule has 1 saturated heterocycles. The van der Waals surface area contributed by atoms with Gasteiger partial charge in [-0.2, -0.15) is 0 Å². The van der Waals surface area contributed by atoms with Gasteiger partial charge in [-0.05, 0) is 26.3 Å². The monoisotopic (exact) mass is 323 g/mol. The van der Waals surface area contributed by atoms with Crippen LogP contribution in [-0.4, -0.2) is 59.7 Å². The van der Waals surface area contributed by atoms with Crippen molar-refractivity contribution < 1.29 is 0 Å². The fraction of sp³-hybridized carbons (Fsp3) is 1.00. The molecule has 2 fully saturated rings. The number of alkyl halides is 1. The van der Waals surface area contributed by atoms with Crippen LogP contribution in [0.5, 0.6) is 0 Å². The van der Waals surface area contributed by atoms with Crippen molar-refractivity contribution in [2.24, 2.45) is 0 Å². The van der Waals surface area contributed by atoms with E-state index < -0.39 is 0 Å². The van der Waals surface area contributed by atoms with Gasteiger partial charge in [0.1, 0.15) is 0 Å². The predicted molar refractivity (Wildman–Crippen MR) is 72.5 cm³/mol. The van der Waals surface area contributed by atoms with E-state index in [1.54, 1.807) is 0 Å². The van der Waals surface area contributed by atoms with Crippen molar-refractivity contribution in [3.05, 3.63) is 0 Å². The number of hydrogen-bond acceptors (Lipinski definition) is 3. The van der Waals surface area contributed by atoms with Crippen molar-refractivity contribution in [2.45, 2.75) is 31.3 Å². The molecule has 2 atom stereocenters. The molecular weight excluding hydrogens is 301 g/mol. The highest BCUT2D eigenvalue weighted by Gasteiger charge is 2.29. The molecule has 0 aromatic heterocycles. The number of piperazine rings is 1. The Hall–Kier alpha value is 0.610. The third-order valence-electron chi connectivity index (χ3n) is 3.91. The van der Waals surface area contributed by atoms with Crippen molar-refractivity contribution in [3.63, 3.8) is 0 Å². The maximum absolute atomic E-state index is 3.41. The van der Waals surface area contributed by atoms with E-state index in [1.807, 2.05) is 0 Å². The molecule has 1 aliphatic heterocycles. The van der Waals surface area contributed by atoms with Gasteiger partial charge in [0, 0.05) is 38.3 Å². The fourth-order valence-corrected chi connectivity index (χ4v) is 3.48. The highest BCUT2D eigenvalue weighted by atomic mass is 127. The zero-order valence-electron chi connectivity index (χ0n) is 9.58. The number of rotatable bonds is 3. The highest BCUT2D eigenvalue weighted by molar-refractivity contribution is 14.1. The summed E-state index contributed by atoms with van der Waals surface area (Å²) in [5, 5.41) is 3.41. The first-order valence-electron chi connectivity index (χ1n) is 6.03. The van der Waals surface area contributed by atoms with E-state index in [0.29, 0.717) is 0 Å². The van der Waals surface area contributed by atoms with Crippen LogP contribution < -0.4 is 5.32 Å². The molecule has 1 aliphatic carbocycles. The summed E-state index contributed by atoms with van der Waals surface area (Å²) in [7, 11) is 2.10. The number of nitrogens with zero attached hydrogens (tertiary/aromatic N) is 2. The van der Waals surface area contributed by atoms with Crippen LogP contribution in [0.2, 0.25) is 0 Å². The van der Waals surface area contributed by atoms with Gasteiger partial charge in [-0.3, -0.25) is 9.80 Å². The molecule has 4 heteroatoms. The Morgan fingerprint density at radius 3 is 2.47 bits per heavy atom. The van der Waals surface area contributed by atoms with Gasteiger partial charge >= 0.3 is 0 Å². The molecule has 2 rings (SSSR count). The third-order valence-corrected chi connectivity index (χ3v) is 4.87. The van der Waals surface area contributed by atoms with Crippen LogP contribution in [0.3, 0.4) is 0 Å². The minimum Gasteiger partial charge on any atom is -0.317 e. The maximum Gasteiger partial charge on any atom is 0.0506 e. The van der Waals surface area contributed by atoms with E-state index in [0.717, 1.165) is 12.1 Å². The number of nitrogens with one attached hydrogen (secondary N) is 1. The van der Waals surface area contributed by atoms with Crippen LogP contribution in [0.1, 0.15) is 19.3 Å². The lowest BCUT2D eigenvalue weighted by molar-refractivity contribution is 0.111. The Morgan fingerprint density at radius 1 is 1.20 bits per heavy atom. The molecule has 0 unspecified atom stereocenters. The van der Waals surface area contributed by atoms with Crippen molar-refractivity contribution in [3.8, 4) is 0 Å². The zero-order chi connectivity index (χ0) is 10.7. The molecule has 0 aromatic carbocycles. The van der Waals surface area contributed by atoms with Gasteiger partial charge in [-0.15, -0.1) is 0 Å². The van der Waals surface area contributed by atoms with Crippen molar-refractivity contribution in [1.29, 1.82) is 0 Å². The Balaban J connectivity index is 1.76. The summed E-state index contributed by atoms with van der Waals surface area (Å²) >= 11 is 2.47. The second kappa shape index (κ2) is 5.80. The van der Waals surface area contributed by atoms with Gasteiger partial charge in [0.2, 0.25) is 0 Å². The Morgan fingerprint density at radius 2 is 1.93 bits per heavy atom. The molecule has 1 heterocycles. The fourth-order valence-electron chi connectivity index (χ4n) is 2.80. The SMILES string of the molecule is CN[C@@H]1CC[C@@H](N2CCN(CI)CC2)C1. The Bertz CT molecular complexity index is 192. The molecule has 88 valence electrons. The van der Waals surface area contributed by atoms with Gasteiger partial charge < -0.3 is 5.32 Å². The quantitative estimate of drug-likeness (QED) is 0.477. The van der Waals surface area contributed by atoms with E-state index in [9.17, 15) is 0 Å². The summed E-state index contributed by atoms with van der Waals surface area (Å²) in [6, 6.07) is 1.64. The van der Waals surface area contributed by atoms with Crippen LogP contribution in [0.25, 0.3) is 0 Å². The van der Waals surface area contributed by atoms with Crippen LogP contribution in [0.4, 0.5) is 0 Å². The maximum atomic E-state index is 3.41. The second-order valence-electron chi connectivity index (χ2n) is 4.73. The number of hydrogen-bond donors (Lipinski definition) is 1. The molecule has 0 amide bonds. The first-order valence-corrected chi connectivity index (χ1v) is 7.55. The highest BCUT2D eigenvalue weighted by Crippen LogP contribution is 2.24. The molecule has 0 radical (unpaired) electrons. The average Bonchev–Trinajstić information content (AvgIpc) is 2.78. The van der Waals surface area contributed by atoms with Crippen molar-refractivity contribution in [1.82, 2.24) is 15.1 Å². The minimum absolute atomic E-state index is 0.776. The molecule has 0 aromatic rings. The Kier molecular flexibility index (Phi) is 4.67. The summed E-state index contributed by atoms with van der Waals surface area (Å²) in [6.07, 6.45) is 4.13. The lowest BCUT2D eigenvalue weighted by Crippen LogP contribution is -2.49. The molecule has 1 N–H and O–H groups in total. The van der Waals surface area contributed by atoms with Crippen molar-refractivity contribution >= 4 is 22.6 Å². The molecule has 3 nitrogen and oxygen atoms in total. The largest absolute Gasteiger partial charge is 0.317 e. The lowest BCUT2D eigenvalue weighted by atomic mass is 10.2. The summed E-state index contributed by atoms with van der Waals surface area (Å²) in [4.78, 5) is 5.25. The van der Waals surface area contributed by atoms with E-state index in [1.165, 1.54) is 50.0 Å². The van der Waals surface area contributed by atoms with Crippen LogP contribution in [0, 0.1) is 0 Å². The summed E-state index contributed by atoms with van der Waals surface area (Å²) in [5.74, 6) is 0. The van der Waals surface area contributed by atoms with Crippen LogP contribution in [-0.2, 0) is 0 Å². The average molecular weight is 323 g/mol. The van der Waals surface area contributed by atoms with Crippen LogP contribution in [0.15, 0.2) is 0 Å². The zero-order valence-corrected chi connectivity index (χ0v) is 11.7.